The topological polar surface area (TPSA) is 12.0 Å². The minimum Gasteiger partial charge on any atom is -0.307 e. The number of benzene rings is 1. The Morgan fingerprint density at radius 1 is 1.33 bits per heavy atom. The minimum atomic E-state index is 0.366. The summed E-state index contributed by atoms with van der Waals surface area (Å²) in [5.74, 6) is 0.752. The average molecular weight is 266 g/mol. The van der Waals surface area contributed by atoms with Gasteiger partial charge in [0.1, 0.15) is 0 Å². The highest BCUT2D eigenvalue weighted by molar-refractivity contribution is 6.30. The molecule has 0 amide bonds. The molecule has 2 heteroatoms. The summed E-state index contributed by atoms with van der Waals surface area (Å²) >= 11 is 6.05. The fourth-order valence-electron chi connectivity index (χ4n) is 3.31. The Morgan fingerprint density at radius 2 is 2.06 bits per heavy atom. The Balaban J connectivity index is 2.02. The maximum absolute atomic E-state index is 6.05. The monoisotopic (exact) mass is 265 g/mol. The van der Waals surface area contributed by atoms with E-state index in [1.165, 1.54) is 18.4 Å². The lowest BCUT2D eigenvalue weighted by molar-refractivity contribution is 0.356. The van der Waals surface area contributed by atoms with Crippen molar-refractivity contribution in [3.05, 3.63) is 34.9 Å². The predicted molar refractivity (Wildman–Crippen MR) is 79.0 cm³/mol. The summed E-state index contributed by atoms with van der Waals surface area (Å²) in [7, 11) is 0. The molecule has 0 bridgehead atoms. The zero-order valence-electron chi connectivity index (χ0n) is 11.8. The molecule has 2 unspecified atom stereocenters. The Bertz CT molecular complexity index is 413. The highest BCUT2D eigenvalue weighted by Gasteiger charge is 2.36. The molecule has 3 atom stereocenters. The van der Waals surface area contributed by atoms with Crippen LogP contribution >= 0.6 is 11.6 Å². The van der Waals surface area contributed by atoms with Gasteiger partial charge in [-0.3, -0.25) is 0 Å². The Hall–Kier alpha value is -0.530. The van der Waals surface area contributed by atoms with Crippen LogP contribution in [0.5, 0.6) is 0 Å². The maximum atomic E-state index is 6.05. The summed E-state index contributed by atoms with van der Waals surface area (Å²) in [5.41, 5.74) is 1.75. The third-order valence-corrected chi connectivity index (χ3v) is 4.38. The van der Waals surface area contributed by atoms with Crippen molar-refractivity contribution in [3.8, 4) is 0 Å². The molecule has 0 aromatic heterocycles. The van der Waals surface area contributed by atoms with Crippen molar-refractivity contribution in [3.63, 3.8) is 0 Å². The maximum Gasteiger partial charge on any atom is 0.0409 e. The molecule has 1 aromatic rings. The van der Waals surface area contributed by atoms with Crippen LogP contribution in [0.1, 0.15) is 52.1 Å². The fraction of sp³-hybridized carbons (Fsp3) is 0.625. The SMILES string of the molecule is CC1CC(C)(C)CC1N[C@H](C)c1cccc(Cl)c1. The van der Waals surface area contributed by atoms with Crippen LogP contribution in [0.15, 0.2) is 24.3 Å². The molecule has 0 radical (unpaired) electrons. The van der Waals surface area contributed by atoms with E-state index in [9.17, 15) is 0 Å². The van der Waals surface area contributed by atoms with Crippen molar-refractivity contribution < 1.29 is 0 Å². The first-order chi connectivity index (χ1) is 8.37. The van der Waals surface area contributed by atoms with E-state index in [-0.39, 0.29) is 0 Å². The third-order valence-electron chi connectivity index (χ3n) is 4.15. The fourth-order valence-corrected chi connectivity index (χ4v) is 3.51. The van der Waals surface area contributed by atoms with Crippen LogP contribution in [0, 0.1) is 11.3 Å². The zero-order valence-corrected chi connectivity index (χ0v) is 12.6. The van der Waals surface area contributed by atoms with Crippen LogP contribution in [0.3, 0.4) is 0 Å². The Labute approximate surface area is 116 Å². The van der Waals surface area contributed by atoms with Gasteiger partial charge in [-0.1, -0.05) is 44.5 Å². The number of hydrogen-bond donors (Lipinski definition) is 1. The average Bonchev–Trinajstić information content (AvgIpc) is 2.51. The summed E-state index contributed by atoms with van der Waals surface area (Å²) < 4.78 is 0. The summed E-state index contributed by atoms with van der Waals surface area (Å²) in [6, 6.07) is 9.15. The van der Waals surface area contributed by atoms with Gasteiger partial charge in [0.05, 0.1) is 0 Å². The van der Waals surface area contributed by atoms with Crippen molar-refractivity contribution in [1.82, 2.24) is 5.32 Å². The summed E-state index contributed by atoms with van der Waals surface area (Å²) in [6.45, 7) is 9.32. The van der Waals surface area contributed by atoms with E-state index in [4.69, 9.17) is 11.6 Å². The van der Waals surface area contributed by atoms with Crippen LogP contribution < -0.4 is 5.32 Å². The highest BCUT2D eigenvalue weighted by atomic mass is 35.5. The molecule has 18 heavy (non-hydrogen) atoms. The number of nitrogens with one attached hydrogen (secondary N) is 1. The zero-order chi connectivity index (χ0) is 13.3. The largest absolute Gasteiger partial charge is 0.307 e. The van der Waals surface area contributed by atoms with Gasteiger partial charge in [-0.2, -0.15) is 0 Å². The second kappa shape index (κ2) is 5.22. The van der Waals surface area contributed by atoms with Crippen LogP contribution in [0.2, 0.25) is 5.02 Å². The first-order valence-electron chi connectivity index (χ1n) is 6.89. The molecular weight excluding hydrogens is 242 g/mol. The number of rotatable bonds is 3. The lowest BCUT2D eigenvalue weighted by Crippen LogP contribution is -2.33. The molecular formula is C16H24ClN. The number of halogens is 1. The van der Waals surface area contributed by atoms with Gasteiger partial charge < -0.3 is 5.32 Å². The molecule has 1 saturated carbocycles. The molecule has 100 valence electrons. The second-order valence-corrected chi connectivity index (χ2v) is 7.04. The predicted octanol–water partition coefficient (Wildman–Crippen LogP) is 4.82. The molecule has 1 aliphatic rings. The van der Waals surface area contributed by atoms with E-state index >= 15 is 0 Å². The number of hydrogen-bond acceptors (Lipinski definition) is 1. The van der Waals surface area contributed by atoms with Gasteiger partial charge in [0.2, 0.25) is 0 Å². The van der Waals surface area contributed by atoms with E-state index in [1.807, 2.05) is 12.1 Å². The first-order valence-corrected chi connectivity index (χ1v) is 7.27. The molecule has 0 aliphatic heterocycles. The molecule has 2 rings (SSSR count). The van der Waals surface area contributed by atoms with Gasteiger partial charge in [-0.25, -0.2) is 0 Å². The Morgan fingerprint density at radius 3 is 2.61 bits per heavy atom. The highest BCUT2D eigenvalue weighted by Crippen LogP contribution is 2.41. The van der Waals surface area contributed by atoms with Gasteiger partial charge in [0, 0.05) is 17.1 Å². The minimum absolute atomic E-state index is 0.366. The summed E-state index contributed by atoms with van der Waals surface area (Å²) in [4.78, 5) is 0. The van der Waals surface area contributed by atoms with Crippen molar-refractivity contribution >= 4 is 11.6 Å². The quantitative estimate of drug-likeness (QED) is 0.827. The van der Waals surface area contributed by atoms with Crippen LogP contribution in [0.4, 0.5) is 0 Å². The Kier molecular flexibility index (Phi) is 4.03. The van der Waals surface area contributed by atoms with Gasteiger partial charge >= 0.3 is 0 Å². The normalized spacial score (nSPS) is 28.3. The smallest absolute Gasteiger partial charge is 0.0409 e. The molecule has 1 N–H and O–H groups in total. The third kappa shape index (κ3) is 3.27. The lowest BCUT2D eigenvalue weighted by atomic mass is 9.91. The van der Waals surface area contributed by atoms with Gasteiger partial charge in [-0.05, 0) is 48.8 Å². The second-order valence-electron chi connectivity index (χ2n) is 6.60. The van der Waals surface area contributed by atoms with Gasteiger partial charge in [0.15, 0.2) is 0 Å². The van der Waals surface area contributed by atoms with E-state index in [0.29, 0.717) is 17.5 Å². The molecule has 0 saturated heterocycles. The molecule has 1 fully saturated rings. The van der Waals surface area contributed by atoms with E-state index in [0.717, 1.165) is 10.9 Å². The molecule has 1 aliphatic carbocycles. The van der Waals surface area contributed by atoms with E-state index < -0.39 is 0 Å². The van der Waals surface area contributed by atoms with Crippen LogP contribution in [-0.4, -0.2) is 6.04 Å². The van der Waals surface area contributed by atoms with Crippen molar-refractivity contribution in [1.29, 1.82) is 0 Å². The van der Waals surface area contributed by atoms with Crippen LogP contribution in [0.25, 0.3) is 0 Å². The van der Waals surface area contributed by atoms with Gasteiger partial charge in [0.25, 0.3) is 0 Å². The van der Waals surface area contributed by atoms with Crippen LogP contribution in [-0.2, 0) is 0 Å². The molecule has 1 nitrogen and oxygen atoms in total. The molecule has 0 heterocycles. The standard InChI is InChI=1S/C16H24ClN/c1-11-9-16(3,4)10-15(11)18-12(2)13-6-5-7-14(17)8-13/h5-8,11-12,15,18H,9-10H2,1-4H3/t11?,12-,15?/m1/s1. The first kappa shape index (κ1) is 13.9. The molecule has 0 spiro atoms. The van der Waals surface area contributed by atoms with E-state index in [2.05, 4.69) is 45.1 Å². The van der Waals surface area contributed by atoms with Crippen molar-refractivity contribution in [2.45, 2.75) is 52.6 Å². The summed E-state index contributed by atoms with van der Waals surface area (Å²) in [6.07, 6.45) is 2.58. The van der Waals surface area contributed by atoms with Crippen molar-refractivity contribution in [2.75, 3.05) is 0 Å². The van der Waals surface area contributed by atoms with Gasteiger partial charge in [-0.15, -0.1) is 0 Å². The lowest BCUT2D eigenvalue weighted by Gasteiger charge is -2.24. The van der Waals surface area contributed by atoms with E-state index in [1.54, 1.807) is 0 Å². The molecule has 1 aromatic carbocycles. The van der Waals surface area contributed by atoms with Crippen molar-refractivity contribution in [2.24, 2.45) is 11.3 Å². The summed E-state index contributed by atoms with van der Waals surface area (Å²) in [5, 5.41) is 4.59.